The highest BCUT2D eigenvalue weighted by atomic mass is 79.9. The van der Waals surface area contributed by atoms with E-state index in [1.165, 1.54) is 49.6 Å². The molecule has 3 rings (SSSR count). The van der Waals surface area contributed by atoms with E-state index in [4.69, 9.17) is 14.6 Å². The Morgan fingerprint density at radius 1 is 1.15 bits per heavy atom. The molecule has 0 fully saturated rings. The van der Waals surface area contributed by atoms with Crippen LogP contribution in [0.3, 0.4) is 0 Å². The van der Waals surface area contributed by atoms with Crippen LogP contribution in [0.2, 0.25) is 0 Å². The Labute approximate surface area is 203 Å². The van der Waals surface area contributed by atoms with Crippen LogP contribution in [0.4, 0.5) is 10.1 Å². The van der Waals surface area contributed by atoms with Gasteiger partial charge in [-0.2, -0.15) is 5.26 Å². The molecule has 0 saturated heterocycles. The molecule has 2 N–H and O–H groups in total. The van der Waals surface area contributed by atoms with Crippen LogP contribution in [0, 0.1) is 17.1 Å². The lowest BCUT2D eigenvalue weighted by molar-refractivity contribution is -0.112. The highest BCUT2D eigenvalue weighted by molar-refractivity contribution is 9.10. The summed E-state index contributed by atoms with van der Waals surface area (Å²) in [7, 11) is 1.44. The van der Waals surface area contributed by atoms with E-state index in [2.05, 4.69) is 21.2 Å². The standard InChI is InChI=1S/C25H18BrFN2O5/c1-33-22-11-17(21(26)12-23(22)34-14-15-4-2-6-19(27)8-15)9-18(13-28)24(30)29-20-7-3-5-16(10-20)25(31)32/h2-12H,14H2,1H3,(H,29,30)(H,31,32)/b18-9-. The predicted molar refractivity (Wildman–Crippen MR) is 127 cm³/mol. The summed E-state index contributed by atoms with van der Waals surface area (Å²) in [5.41, 5.74) is 1.14. The van der Waals surface area contributed by atoms with E-state index >= 15 is 0 Å². The zero-order valence-electron chi connectivity index (χ0n) is 17.8. The van der Waals surface area contributed by atoms with Gasteiger partial charge in [0.1, 0.15) is 24.1 Å². The Hall–Kier alpha value is -4.16. The van der Waals surface area contributed by atoms with E-state index < -0.39 is 11.9 Å². The minimum atomic E-state index is -1.14. The molecule has 0 aliphatic carbocycles. The van der Waals surface area contributed by atoms with Crippen molar-refractivity contribution < 1.29 is 28.6 Å². The smallest absolute Gasteiger partial charge is 0.335 e. The van der Waals surface area contributed by atoms with Gasteiger partial charge >= 0.3 is 5.97 Å². The van der Waals surface area contributed by atoms with Gasteiger partial charge in [-0.1, -0.05) is 34.1 Å². The molecule has 0 unspecified atom stereocenters. The average molecular weight is 525 g/mol. The zero-order chi connectivity index (χ0) is 24.7. The second kappa shape index (κ2) is 11.1. The maximum Gasteiger partial charge on any atom is 0.335 e. The number of hydrogen-bond acceptors (Lipinski definition) is 5. The molecular formula is C25H18BrFN2O5. The molecule has 9 heteroatoms. The second-order valence-electron chi connectivity index (χ2n) is 6.95. The van der Waals surface area contributed by atoms with Crippen LogP contribution in [0.15, 0.2) is 70.7 Å². The maximum atomic E-state index is 13.4. The summed E-state index contributed by atoms with van der Waals surface area (Å²) in [6.45, 7) is 0.108. The van der Waals surface area contributed by atoms with Crippen molar-refractivity contribution in [3.05, 3.63) is 93.2 Å². The number of halogens is 2. The molecule has 0 atom stereocenters. The van der Waals surface area contributed by atoms with Crippen LogP contribution >= 0.6 is 15.9 Å². The number of benzene rings is 3. The van der Waals surface area contributed by atoms with Crippen molar-refractivity contribution in [1.82, 2.24) is 0 Å². The van der Waals surface area contributed by atoms with E-state index in [0.29, 0.717) is 27.1 Å². The lowest BCUT2D eigenvalue weighted by atomic mass is 10.1. The third-order valence-electron chi connectivity index (χ3n) is 4.60. The van der Waals surface area contributed by atoms with Crippen molar-refractivity contribution in [3.63, 3.8) is 0 Å². The Bertz CT molecular complexity index is 1320. The molecule has 3 aromatic carbocycles. The van der Waals surface area contributed by atoms with Gasteiger partial charge in [-0.05, 0) is 59.7 Å². The molecule has 0 aliphatic heterocycles. The number of nitrogens with zero attached hydrogens (tertiary/aromatic N) is 1. The molecule has 3 aromatic rings. The fraction of sp³-hybridized carbons (Fsp3) is 0.0800. The number of hydrogen-bond donors (Lipinski definition) is 2. The van der Waals surface area contributed by atoms with Gasteiger partial charge in [-0.15, -0.1) is 0 Å². The van der Waals surface area contributed by atoms with Gasteiger partial charge in [0.25, 0.3) is 5.91 Å². The number of nitrogens with one attached hydrogen (secondary N) is 1. The van der Waals surface area contributed by atoms with Crippen molar-refractivity contribution in [2.24, 2.45) is 0 Å². The molecule has 1 amide bonds. The maximum absolute atomic E-state index is 13.4. The fourth-order valence-corrected chi connectivity index (χ4v) is 3.39. The SMILES string of the molecule is COc1cc(/C=C(/C#N)C(=O)Nc2cccc(C(=O)O)c2)c(Br)cc1OCc1cccc(F)c1. The first-order chi connectivity index (χ1) is 16.3. The van der Waals surface area contributed by atoms with Gasteiger partial charge in [-0.3, -0.25) is 4.79 Å². The van der Waals surface area contributed by atoms with Gasteiger partial charge < -0.3 is 19.9 Å². The summed E-state index contributed by atoms with van der Waals surface area (Å²) in [5, 5.41) is 21.1. The highest BCUT2D eigenvalue weighted by Gasteiger charge is 2.15. The molecule has 0 aromatic heterocycles. The van der Waals surface area contributed by atoms with E-state index in [9.17, 15) is 19.2 Å². The summed E-state index contributed by atoms with van der Waals surface area (Å²) in [5.74, 6) is -1.49. The van der Waals surface area contributed by atoms with Crippen molar-refractivity contribution in [3.8, 4) is 17.6 Å². The summed E-state index contributed by atoms with van der Waals surface area (Å²) in [6, 6.07) is 16.7. The number of carboxylic acids is 1. The summed E-state index contributed by atoms with van der Waals surface area (Å²) < 4.78 is 25.0. The van der Waals surface area contributed by atoms with Gasteiger partial charge in [0.15, 0.2) is 11.5 Å². The third kappa shape index (κ3) is 6.21. The highest BCUT2D eigenvalue weighted by Crippen LogP contribution is 2.35. The third-order valence-corrected chi connectivity index (χ3v) is 5.29. The van der Waals surface area contributed by atoms with Crippen LogP contribution in [-0.2, 0) is 11.4 Å². The number of carbonyl (C=O) groups excluding carboxylic acids is 1. The zero-order valence-corrected chi connectivity index (χ0v) is 19.4. The second-order valence-corrected chi connectivity index (χ2v) is 7.81. The van der Waals surface area contributed by atoms with Crippen LogP contribution in [0.1, 0.15) is 21.5 Å². The number of nitriles is 1. The average Bonchev–Trinajstić information content (AvgIpc) is 2.82. The lowest BCUT2D eigenvalue weighted by Crippen LogP contribution is -2.14. The number of methoxy groups -OCH3 is 1. The first-order valence-corrected chi connectivity index (χ1v) is 10.6. The van der Waals surface area contributed by atoms with E-state index in [1.807, 2.05) is 6.07 Å². The Morgan fingerprint density at radius 3 is 2.59 bits per heavy atom. The van der Waals surface area contributed by atoms with Gasteiger partial charge in [0.2, 0.25) is 0 Å². The number of ether oxygens (including phenoxy) is 2. The van der Waals surface area contributed by atoms with E-state index in [0.717, 1.165) is 0 Å². The van der Waals surface area contributed by atoms with Crippen LogP contribution < -0.4 is 14.8 Å². The molecule has 0 heterocycles. The summed E-state index contributed by atoms with van der Waals surface area (Å²) in [4.78, 5) is 23.7. The van der Waals surface area contributed by atoms with Crippen LogP contribution in [0.25, 0.3) is 6.08 Å². The van der Waals surface area contributed by atoms with Crippen LogP contribution in [-0.4, -0.2) is 24.1 Å². The van der Waals surface area contributed by atoms with Crippen molar-refractivity contribution >= 4 is 39.6 Å². The van der Waals surface area contributed by atoms with E-state index in [-0.39, 0.29) is 29.2 Å². The fourth-order valence-electron chi connectivity index (χ4n) is 2.95. The molecule has 0 radical (unpaired) electrons. The number of carbonyl (C=O) groups is 2. The van der Waals surface area contributed by atoms with Gasteiger partial charge in [0, 0.05) is 10.2 Å². The number of rotatable bonds is 8. The number of aromatic carboxylic acids is 1. The quantitative estimate of drug-likeness (QED) is 0.300. The van der Waals surface area contributed by atoms with Crippen molar-refractivity contribution in [2.75, 3.05) is 12.4 Å². The summed E-state index contributed by atoms with van der Waals surface area (Å²) >= 11 is 3.40. The molecule has 34 heavy (non-hydrogen) atoms. The minimum Gasteiger partial charge on any atom is -0.493 e. The molecular weight excluding hydrogens is 507 g/mol. The largest absolute Gasteiger partial charge is 0.493 e. The normalized spacial score (nSPS) is 10.8. The van der Waals surface area contributed by atoms with Gasteiger partial charge in [0.05, 0.1) is 12.7 Å². The minimum absolute atomic E-state index is 0.00148. The summed E-state index contributed by atoms with van der Waals surface area (Å²) in [6.07, 6.45) is 1.36. The Balaban J connectivity index is 1.82. The molecule has 7 nitrogen and oxygen atoms in total. The number of amides is 1. The van der Waals surface area contributed by atoms with Crippen LogP contribution in [0.5, 0.6) is 11.5 Å². The Morgan fingerprint density at radius 2 is 1.91 bits per heavy atom. The first kappa shape index (κ1) is 24.5. The molecule has 0 spiro atoms. The predicted octanol–water partition coefficient (Wildman–Crippen LogP) is 5.42. The molecule has 0 saturated carbocycles. The molecule has 172 valence electrons. The van der Waals surface area contributed by atoms with Crippen molar-refractivity contribution in [1.29, 1.82) is 5.26 Å². The lowest BCUT2D eigenvalue weighted by Gasteiger charge is -2.13. The Kier molecular flexibility index (Phi) is 8.01. The van der Waals surface area contributed by atoms with E-state index in [1.54, 1.807) is 24.3 Å². The van der Waals surface area contributed by atoms with Crippen molar-refractivity contribution in [2.45, 2.75) is 6.61 Å². The molecule has 0 aliphatic rings. The topological polar surface area (TPSA) is 109 Å². The first-order valence-electron chi connectivity index (χ1n) is 9.82. The number of anilines is 1. The number of carboxylic acid groups (broad SMARTS) is 1. The monoisotopic (exact) mass is 524 g/mol. The van der Waals surface area contributed by atoms with Gasteiger partial charge in [-0.25, -0.2) is 9.18 Å². The molecule has 0 bridgehead atoms.